The average Bonchev–Trinajstić information content (AvgIpc) is 2.85. The predicted molar refractivity (Wildman–Crippen MR) is 78.3 cm³/mol. The summed E-state index contributed by atoms with van der Waals surface area (Å²) in [6, 6.07) is 10.7. The maximum absolute atomic E-state index is 11.4. The molecule has 6 heteroatoms. The minimum Gasteiger partial charge on any atom is -0.478 e. The van der Waals surface area contributed by atoms with Crippen LogP contribution >= 0.6 is 15.9 Å². The summed E-state index contributed by atoms with van der Waals surface area (Å²) in [5.41, 5.74) is 3.03. The summed E-state index contributed by atoms with van der Waals surface area (Å²) in [6.07, 6.45) is 0. The van der Waals surface area contributed by atoms with Gasteiger partial charge in [0.15, 0.2) is 0 Å². The summed E-state index contributed by atoms with van der Waals surface area (Å²) in [7, 11) is 0. The fourth-order valence-electron chi connectivity index (χ4n) is 2.11. The number of aromatic carboxylic acids is 1. The molecule has 0 aliphatic carbocycles. The normalized spacial score (nSPS) is 10.9. The van der Waals surface area contributed by atoms with Crippen molar-refractivity contribution < 1.29 is 9.90 Å². The lowest BCUT2D eigenvalue weighted by Crippen LogP contribution is -2.04. The molecule has 0 fully saturated rings. The third-order valence-corrected chi connectivity index (χ3v) is 4.13. The molecule has 1 N–H and O–H groups in total. The van der Waals surface area contributed by atoms with E-state index in [1.165, 1.54) is 0 Å². The SMILES string of the molecule is Cc1cccc(-n2nnc3cccc(C(=O)O)c32)c1Br. The van der Waals surface area contributed by atoms with Gasteiger partial charge in [-0.15, -0.1) is 5.10 Å². The summed E-state index contributed by atoms with van der Waals surface area (Å²) in [6.45, 7) is 1.96. The third-order valence-electron chi connectivity index (χ3n) is 3.10. The van der Waals surface area contributed by atoms with Crippen LogP contribution in [0.15, 0.2) is 40.9 Å². The maximum atomic E-state index is 11.4. The number of carbonyl (C=O) groups is 1. The first-order chi connectivity index (χ1) is 9.59. The maximum Gasteiger partial charge on any atom is 0.337 e. The molecular weight excluding hydrogens is 322 g/mol. The molecule has 3 rings (SSSR count). The van der Waals surface area contributed by atoms with Crippen molar-refractivity contribution in [3.63, 3.8) is 0 Å². The lowest BCUT2D eigenvalue weighted by molar-refractivity contribution is 0.0698. The zero-order valence-corrected chi connectivity index (χ0v) is 12.1. The topological polar surface area (TPSA) is 68.0 Å². The number of para-hydroxylation sites is 1. The summed E-state index contributed by atoms with van der Waals surface area (Å²) in [4.78, 5) is 11.4. The van der Waals surface area contributed by atoms with Gasteiger partial charge in [-0.05, 0) is 46.6 Å². The van der Waals surface area contributed by atoms with Crippen molar-refractivity contribution in [1.82, 2.24) is 15.0 Å². The molecule has 100 valence electrons. The molecule has 0 spiro atoms. The van der Waals surface area contributed by atoms with Crippen LogP contribution in [-0.4, -0.2) is 26.1 Å². The first-order valence-corrected chi connectivity index (χ1v) is 6.72. The van der Waals surface area contributed by atoms with Gasteiger partial charge in [0.25, 0.3) is 0 Å². The second kappa shape index (κ2) is 4.72. The number of aromatic nitrogens is 3. The largest absolute Gasteiger partial charge is 0.478 e. The Kier molecular flexibility index (Phi) is 3.02. The van der Waals surface area contributed by atoms with Gasteiger partial charge >= 0.3 is 5.97 Å². The van der Waals surface area contributed by atoms with Crippen LogP contribution in [-0.2, 0) is 0 Å². The fraction of sp³-hybridized carbons (Fsp3) is 0.0714. The number of hydrogen-bond acceptors (Lipinski definition) is 3. The summed E-state index contributed by atoms with van der Waals surface area (Å²) < 4.78 is 2.42. The van der Waals surface area contributed by atoms with E-state index >= 15 is 0 Å². The minimum absolute atomic E-state index is 0.181. The smallest absolute Gasteiger partial charge is 0.337 e. The van der Waals surface area contributed by atoms with Crippen molar-refractivity contribution in [1.29, 1.82) is 0 Å². The highest BCUT2D eigenvalue weighted by atomic mass is 79.9. The molecule has 1 aromatic heterocycles. The second-order valence-corrected chi connectivity index (χ2v) is 5.18. The average molecular weight is 332 g/mol. The van der Waals surface area contributed by atoms with Gasteiger partial charge in [-0.3, -0.25) is 0 Å². The van der Waals surface area contributed by atoms with E-state index in [1.54, 1.807) is 22.9 Å². The predicted octanol–water partition coefficient (Wildman–Crippen LogP) is 3.19. The lowest BCUT2D eigenvalue weighted by Gasteiger charge is -2.08. The first-order valence-electron chi connectivity index (χ1n) is 5.93. The monoisotopic (exact) mass is 331 g/mol. The molecule has 20 heavy (non-hydrogen) atoms. The molecular formula is C14H10BrN3O2. The van der Waals surface area contributed by atoms with E-state index in [4.69, 9.17) is 0 Å². The highest BCUT2D eigenvalue weighted by Gasteiger charge is 2.17. The van der Waals surface area contributed by atoms with Gasteiger partial charge in [0.05, 0.1) is 11.3 Å². The van der Waals surface area contributed by atoms with Crippen LogP contribution in [0, 0.1) is 6.92 Å². The van der Waals surface area contributed by atoms with Crippen molar-refractivity contribution in [2.24, 2.45) is 0 Å². The molecule has 0 atom stereocenters. The molecule has 3 aromatic rings. The standard InChI is InChI=1S/C14H10BrN3O2/c1-8-4-2-7-11(12(8)15)18-13-9(14(19)20)5-3-6-10(13)16-17-18/h2-7H,1H3,(H,19,20). The van der Waals surface area contributed by atoms with Gasteiger partial charge in [-0.25, -0.2) is 9.48 Å². The van der Waals surface area contributed by atoms with Crippen LogP contribution < -0.4 is 0 Å². The van der Waals surface area contributed by atoms with Crippen LogP contribution in [0.4, 0.5) is 0 Å². The number of aryl methyl sites for hydroxylation is 1. The van der Waals surface area contributed by atoms with Crippen molar-refractivity contribution in [2.45, 2.75) is 6.92 Å². The van der Waals surface area contributed by atoms with Crippen LogP contribution in [0.2, 0.25) is 0 Å². The summed E-state index contributed by atoms with van der Waals surface area (Å²) in [5, 5.41) is 17.4. The Labute approximate surface area is 123 Å². The number of hydrogen-bond donors (Lipinski definition) is 1. The van der Waals surface area contributed by atoms with Gasteiger partial charge < -0.3 is 5.11 Å². The van der Waals surface area contributed by atoms with Crippen molar-refractivity contribution in [3.05, 3.63) is 52.0 Å². The Morgan fingerprint density at radius 2 is 2.00 bits per heavy atom. The zero-order chi connectivity index (χ0) is 14.3. The van der Waals surface area contributed by atoms with E-state index in [1.807, 2.05) is 25.1 Å². The fourth-order valence-corrected chi connectivity index (χ4v) is 2.54. The number of carboxylic acids is 1. The first kappa shape index (κ1) is 12.8. The van der Waals surface area contributed by atoms with Gasteiger partial charge in [-0.2, -0.15) is 0 Å². The Hall–Kier alpha value is -2.21. The minimum atomic E-state index is -0.997. The molecule has 0 unspecified atom stereocenters. The van der Waals surface area contributed by atoms with Crippen LogP contribution in [0.25, 0.3) is 16.7 Å². The Balaban J connectivity index is 2.38. The summed E-state index contributed by atoms with van der Waals surface area (Å²) >= 11 is 3.51. The van der Waals surface area contributed by atoms with Crippen LogP contribution in [0.5, 0.6) is 0 Å². The number of rotatable bonds is 2. The molecule has 0 amide bonds. The highest BCUT2D eigenvalue weighted by molar-refractivity contribution is 9.10. The Morgan fingerprint density at radius 1 is 1.25 bits per heavy atom. The van der Waals surface area contributed by atoms with Crippen molar-refractivity contribution >= 4 is 32.9 Å². The van der Waals surface area contributed by atoms with E-state index < -0.39 is 5.97 Å². The third kappa shape index (κ3) is 1.89. The van der Waals surface area contributed by atoms with Gasteiger partial charge in [0.2, 0.25) is 0 Å². The molecule has 0 aliphatic rings. The van der Waals surface area contributed by atoms with Crippen molar-refractivity contribution in [2.75, 3.05) is 0 Å². The quantitative estimate of drug-likeness (QED) is 0.783. The van der Waals surface area contributed by atoms with Gasteiger partial charge in [0, 0.05) is 4.47 Å². The molecule has 0 radical (unpaired) electrons. The molecule has 0 bridgehead atoms. The number of nitrogens with zero attached hydrogens (tertiary/aromatic N) is 3. The molecule has 0 saturated heterocycles. The van der Waals surface area contributed by atoms with Gasteiger partial charge in [0.1, 0.15) is 11.0 Å². The van der Waals surface area contributed by atoms with Crippen LogP contribution in [0.1, 0.15) is 15.9 Å². The number of carboxylic acid groups (broad SMARTS) is 1. The number of fused-ring (bicyclic) bond motifs is 1. The molecule has 1 heterocycles. The molecule has 5 nitrogen and oxygen atoms in total. The second-order valence-electron chi connectivity index (χ2n) is 4.39. The number of halogens is 1. The molecule has 0 aliphatic heterocycles. The lowest BCUT2D eigenvalue weighted by atomic mass is 10.1. The van der Waals surface area contributed by atoms with E-state index in [0.717, 1.165) is 15.7 Å². The molecule has 0 saturated carbocycles. The highest BCUT2D eigenvalue weighted by Crippen LogP contribution is 2.27. The molecule has 2 aromatic carbocycles. The van der Waals surface area contributed by atoms with E-state index in [0.29, 0.717) is 11.0 Å². The van der Waals surface area contributed by atoms with Gasteiger partial charge in [-0.1, -0.05) is 23.4 Å². The van der Waals surface area contributed by atoms with Crippen molar-refractivity contribution in [3.8, 4) is 5.69 Å². The summed E-state index contributed by atoms with van der Waals surface area (Å²) in [5.74, 6) is -0.997. The zero-order valence-electron chi connectivity index (χ0n) is 10.5. The van der Waals surface area contributed by atoms with E-state index in [2.05, 4.69) is 26.2 Å². The Bertz CT molecular complexity index is 826. The van der Waals surface area contributed by atoms with Crippen LogP contribution in [0.3, 0.4) is 0 Å². The van der Waals surface area contributed by atoms with E-state index in [9.17, 15) is 9.90 Å². The Morgan fingerprint density at radius 3 is 2.75 bits per heavy atom. The van der Waals surface area contributed by atoms with E-state index in [-0.39, 0.29) is 5.56 Å². The number of benzene rings is 2.